The van der Waals surface area contributed by atoms with Crippen LogP contribution in [0.25, 0.3) is 10.8 Å². The van der Waals surface area contributed by atoms with Crippen LogP contribution < -0.4 is 0 Å². The largest absolute Gasteiger partial charge is 0.507 e. The molecule has 0 aliphatic heterocycles. The molecule has 2 aromatic rings. The molecular weight excluding hydrogens is 216 g/mol. The summed E-state index contributed by atoms with van der Waals surface area (Å²) in [6.45, 7) is 3.59. The van der Waals surface area contributed by atoms with Gasteiger partial charge in [0, 0.05) is 0 Å². The molecule has 0 atom stereocenters. The van der Waals surface area contributed by atoms with E-state index >= 15 is 0 Å². The maximum Gasteiger partial charge on any atom is 0.340 e. The van der Waals surface area contributed by atoms with E-state index in [9.17, 15) is 15.0 Å². The van der Waals surface area contributed by atoms with Gasteiger partial charge >= 0.3 is 5.97 Å². The molecule has 0 amide bonds. The molecule has 0 bridgehead atoms. The molecule has 0 radical (unpaired) electrons. The predicted molar refractivity (Wildman–Crippen MR) is 66.5 cm³/mol. The second-order valence-electron chi connectivity index (χ2n) is 3.78. The molecule has 17 heavy (non-hydrogen) atoms. The van der Waals surface area contributed by atoms with Crippen molar-refractivity contribution < 1.29 is 15.0 Å². The first-order valence-corrected chi connectivity index (χ1v) is 5.23. The number of benzene rings is 2. The Labute approximate surface area is 98.6 Å². The molecule has 0 aromatic heterocycles. The lowest BCUT2D eigenvalue weighted by Crippen LogP contribution is -2.00. The van der Waals surface area contributed by atoms with E-state index in [1.807, 2.05) is 12.1 Å². The monoisotopic (exact) mass is 228 g/mol. The van der Waals surface area contributed by atoms with Gasteiger partial charge in [0.05, 0.1) is 0 Å². The number of fused-ring (bicyclic) bond motifs is 1. The van der Waals surface area contributed by atoms with Crippen LogP contribution in [0.2, 0.25) is 0 Å². The number of rotatable bonds is 3. The van der Waals surface area contributed by atoms with Crippen molar-refractivity contribution >= 4 is 16.7 Å². The summed E-state index contributed by atoms with van der Waals surface area (Å²) in [5.41, 5.74) is 0.538. The zero-order chi connectivity index (χ0) is 12.4. The molecule has 86 valence electrons. The Balaban J connectivity index is 2.85. The molecule has 3 nitrogen and oxygen atoms in total. The van der Waals surface area contributed by atoms with Crippen molar-refractivity contribution in [3.63, 3.8) is 0 Å². The Hall–Kier alpha value is -2.29. The minimum Gasteiger partial charge on any atom is -0.507 e. The lowest BCUT2D eigenvalue weighted by atomic mass is 9.98. The van der Waals surface area contributed by atoms with Gasteiger partial charge in [-0.25, -0.2) is 4.79 Å². The van der Waals surface area contributed by atoms with E-state index < -0.39 is 5.97 Å². The number of carboxylic acid groups (broad SMARTS) is 1. The minimum atomic E-state index is -1.12. The summed E-state index contributed by atoms with van der Waals surface area (Å²) in [4.78, 5) is 11.2. The van der Waals surface area contributed by atoms with Crippen LogP contribution in [0.4, 0.5) is 0 Å². The number of carboxylic acids is 1. The van der Waals surface area contributed by atoms with Gasteiger partial charge in [-0.05, 0) is 28.8 Å². The summed E-state index contributed by atoms with van der Waals surface area (Å²) in [5.74, 6) is -1.29. The highest BCUT2D eigenvalue weighted by Gasteiger charge is 2.17. The maximum absolute atomic E-state index is 11.2. The molecule has 0 saturated carbocycles. The summed E-state index contributed by atoms with van der Waals surface area (Å²) in [6.07, 6.45) is 2.08. The van der Waals surface area contributed by atoms with Crippen LogP contribution in [0.5, 0.6) is 5.75 Å². The van der Waals surface area contributed by atoms with Gasteiger partial charge in [0.1, 0.15) is 11.3 Å². The molecule has 3 heteroatoms. The van der Waals surface area contributed by atoms with E-state index in [1.165, 1.54) is 0 Å². The molecule has 2 N–H and O–H groups in total. The molecule has 0 unspecified atom stereocenters. The van der Waals surface area contributed by atoms with E-state index in [-0.39, 0.29) is 11.3 Å². The van der Waals surface area contributed by atoms with Gasteiger partial charge in [0.25, 0.3) is 0 Å². The second kappa shape index (κ2) is 4.29. The van der Waals surface area contributed by atoms with Crippen LogP contribution in [0.1, 0.15) is 15.9 Å². The van der Waals surface area contributed by atoms with Gasteiger partial charge in [-0.3, -0.25) is 0 Å². The van der Waals surface area contributed by atoms with Crippen molar-refractivity contribution in [2.75, 3.05) is 0 Å². The molecule has 0 spiro atoms. The quantitative estimate of drug-likeness (QED) is 0.794. The first-order chi connectivity index (χ1) is 8.15. The lowest BCUT2D eigenvalue weighted by molar-refractivity contribution is 0.0696. The van der Waals surface area contributed by atoms with Crippen LogP contribution in [-0.2, 0) is 6.42 Å². The molecule has 0 saturated heterocycles. The molecular formula is C14H12O3. The van der Waals surface area contributed by atoms with Crippen LogP contribution in [0, 0.1) is 0 Å². The highest BCUT2D eigenvalue weighted by Crippen LogP contribution is 2.31. The standard InChI is InChI=1S/C14H12O3/c1-2-5-10-8-9-6-3-4-7-11(9)12(13(10)15)14(16)17/h2-4,6-8,15H,1,5H2,(H,16,17). The number of hydrogen-bond donors (Lipinski definition) is 2. The van der Waals surface area contributed by atoms with Crippen LogP contribution in [0.3, 0.4) is 0 Å². The van der Waals surface area contributed by atoms with Crippen LogP contribution >= 0.6 is 0 Å². The topological polar surface area (TPSA) is 57.5 Å². The fourth-order valence-corrected chi connectivity index (χ4v) is 1.92. The van der Waals surface area contributed by atoms with E-state index in [2.05, 4.69) is 6.58 Å². The number of aromatic carboxylic acids is 1. The minimum absolute atomic E-state index is 0.0417. The first-order valence-electron chi connectivity index (χ1n) is 5.23. The molecule has 2 aromatic carbocycles. The highest BCUT2D eigenvalue weighted by atomic mass is 16.4. The Morgan fingerprint density at radius 2 is 2.06 bits per heavy atom. The van der Waals surface area contributed by atoms with Gasteiger partial charge in [-0.2, -0.15) is 0 Å². The van der Waals surface area contributed by atoms with Crippen molar-refractivity contribution in [3.8, 4) is 5.75 Å². The Bertz CT molecular complexity index is 600. The molecule has 0 fully saturated rings. The molecule has 0 aliphatic carbocycles. The third kappa shape index (κ3) is 1.87. The highest BCUT2D eigenvalue weighted by molar-refractivity contribution is 6.06. The van der Waals surface area contributed by atoms with E-state index in [1.54, 1.807) is 24.3 Å². The van der Waals surface area contributed by atoms with Crippen molar-refractivity contribution in [1.82, 2.24) is 0 Å². The average Bonchev–Trinajstić information content (AvgIpc) is 2.30. The second-order valence-corrected chi connectivity index (χ2v) is 3.78. The fraction of sp³-hybridized carbons (Fsp3) is 0.0714. The number of allylic oxidation sites excluding steroid dienone is 1. The summed E-state index contributed by atoms with van der Waals surface area (Å²) >= 11 is 0. The third-order valence-corrected chi connectivity index (χ3v) is 2.68. The Morgan fingerprint density at radius 1 is 1.35 bits per heavy atom. The number of phenols is 1. The Morgan fingerprint density at radius 3 is 2.71 bits per heavy atom. The first kappa shape index (κ1) is 11.2. The zero-order valence-corrected chi connectivity index (χ0v) is 9.18. The third-order valence-electron chi connectivity index (χ3n) is 2.68. The van der Waals surface area contributed by atoms with E-state index in [0.717, 1.165) is 5.39 Å². The molecule has 0 heterocycles. The van der Waals surface area contributed by atoms with E-state index in [4.69, 9.17) is 0 Å². The predicted octanol–water partition coefficient (Wildman–Crippen LogP) is 2.97. The zero-order valence-electron chi connectivity index (χ0n) is 9.18. The molecule has 2 rings (SSSR count). The van der Waals surface area contributed by atoms with Gasteiger partial charge in [-0.1, -0.05) is 30.3 Å². The lowest BCUT2D eigenvalue weighted by Gasteiger charge is -2.09. The fourth-order valence-electron chi connectivity index (χ4n) is 1.92. The summed E-state index contributed by atoms with van der Waals surface area (Å²) in [6, 6.07) is 8.90. The van der Waals surface area contributed by atoms with Crippen molar-refractivity contribution in [2.24, 2.45) is 0 Å². The number of hydrogen-bond acceptors (Lipinski definition) is 2. The van der Waals surface area contributed by atoms with E-state index in [0.29, 0.717) is 17.4 Å². The van der Waals surface area contributed by atoms with Crippen molar-refractivity contribution in [1.29, 1.82) is 0 Å². The summed E-state index contributed by atoms with van der Waals surface area (Å²) in [5, 5.41) is 20.5. The van der Waals surface area contributed by atoms with Crippen molar-refractivity contribution in [3.05, 3.63) is 54.1 Å². The molecule has 0 aliphatic rings. The summed E-state index contributed by atoms with van der Waals surface area (Å²) < 4.78 is 0. The van der Waals surface area contributed by atoms with Gasteiger partial charge in [-0.15, -0.1) is 6.58 Å². The van der Waals surface area contributed by atoms with Gasteiger partial charge in [0.2, 0.25) is 0 Å². The number of aromatic hydroxyl groups is 1. The Kier molecular flexibility index (Phi) is 2.83. The van der Waals surface area contributed by atoms with Crippen LogP contribution in [-0.4, -0.2) is 16.2 Å². The van der Waals surface area contributed by atoms with Crippen LogP contribution in [0.15, 0.2) is 43.0 Å². The normalized spacial score (nSPS) is 10.4. The number of carbonyl (C=O) groups is 1. The average molecular weight is 228 g/mol. The SMILES string of the molecule is C=CCc1cc2ccccc2c(C(=O)O)c1O. The maximum atomic E-state index is 11.2. The van der Waals surface area contributed by atoms with Crippen molar-refractivity contribution in [2.45, 2.75) is 6.42 Å². The van der Waals surface area contributed by atoms with Gasteiger partial charge in [0.15, 0.2) is 0 Å². The smallest absolute Gasteiger partial charge is 0.340 e. The van der Waals surface area contributed by atoms with Gasteiger partial charge < -0.3 is 10.2 Å². The summed E-state index contributed by atoms with van der Waals surface area (Å²) in [7, 11) is 0.